The van der Waals surface area contributed by atoms with E-state index in [0.29, 0.717) is 0 Å². The number of carbonyl (C=O) groups excluding carboxylic acids is 2. The van der Waals surface area contributed by atoms with Crippen LogP contribution < -0.4 is 5.32 Å². The van der Waals surface area contributed by atoms with Gasteiger partial charge in [-0.3, -0.25) is 8.98 Å². The summed E-state index contributed by atoms with van der Waals surface area (Å²) in [6.45, 7) is 5.49. The number of methoxy groups -OCH3 is 1. The lowest BCUT2D eigenvalue weighted by atomic mass is 9.92. The van der Waals surface area contributed by atoms with Crippen molar-refractivity contribution >= 4 is 22.0 Å². The van der Waals surface area contributed by atoms with Crippen LogP contribution in [-0.4, -0.2) is 46.3 Å². The Morgan fingerprint density at radius 1 is 1.25 bits per heavy atom. The van der Waals surface area contributed by atoms with Gasteiger partial charge in [0.05, 0.1) is 20.0 Å². The Balaban J connectivity index is 4.51. The summed E-state index contributed by atoms with van der Waals surface area (Å²) in [6.07, 6.45) is 1.18. The van der Waals surface area contributed by atoms with Crippen LogP contribution in [-0.2, 0) is 28.6 Å². The number of carbonyl (C=O) groups is 2. The van der Waals surface area contributed by atoms with Crippen molar-refractivity contribution in [2.75, 3.05) is 20.0 Å². The maximum Gasteiger partial charge on any atom is 0.328 e. The zero-order chi connectivity index (χ0) is 16.0. The van der Waals surface area contributed by atoms with Gasteiger partial charge in [0.2, 0.25) is 5.91 Å². The van der Waals surface area contributed by atoms with Crippen LogP contribution in [0.4, 0.5) is 0 Å². The Morgan fingerprint density at radius 3 is 2.20 bits per heavy atom. The van der Waals surface area contributed by atoms with Gasteiger partial charge in [-0.05, 0) is 5.41 Å². The summed E-state index contributed by atoms with van der Waals surface area (Å²) in [7, 11) is -2.38. The fourth-order valence-electron chi connectivity index (χ4n) is 1.44. The summed E-state index contributed by atoms with van der Waals surface area (Å²) in [4.78, 5) is 23.3. The van der Waals surface area contributed by atoms with Gasteiger partial charge in [0, 0.05) is 12.8 Å². The maximum atomic E-state index is 11.8. The van der Waals surface area contributed by atoms with Crippen LogP contribution in [0.3, 0.4) is 0 Å². The number of nitrogens with one attached hydrogen (secondary N) is 1. The average molecular weight is 309 g/mol. The van der Waals surface area contributed by atoms with Crippen molar-refractivity contribution in [3.8, 4) is 0 Å². The molecule has 0 saturated heterocycles. The van der Waals surface area contributed by atoms with Crippen LogP contribution in [0.25, 0.3) is 0 Å². The van der Waals surface area contributed by atoms with Gasteiger partial charge in [-0.25, -0.2) is 4.79 Å². The molecule has 0 spiro atoms. The lowest BCUT2D eigenvalue weighted by Gasteiger charge is -2.21. The lowest BCUT2D eigenvalue weighted by molar-refractivity contribution is -0.145. The number of rotatable bonds is 7. The summed E-state index contributed by atoms with van der Waals surface area (Å²) < 4.78 is 30.8. The molecule has 1 N–H and O–H groups in total. The van der Waals surface area contributed by atoms with E-state index in [-0.39, 0.29) is 30.8 Å². The van der Waals surface area contributed by atoms with Gasteiger partial charge in [0.15, 0.2) is 0 Å². The quantitative estimate of drug-likeness (QED) is 0.541. The molecule has 0 aliphatic rings. The first-order chi connectivity index (χ1) is 8.94. The van der Waals surface area contributed by atoms with Gasteiger partial charge in [0.25, 0.3) is 10.1 Å². The van der Waals surface area contributed by atoms with E-state index in [2.05, 4.69) is 14.2 Å². The standard InChI is InChI=1S/C12H23NO6S/c1-12(2,3)8-10(14)13-9(11(15)18-4)6-7-19-20(5,16)17/h9H,6-8H2,1-5H3,(H,13,14)/t9-/m0/s1. The van der Waals surface area contributed by atoms with Gasteiger partial charge in [0.1, 0.15) is 6.04 Å². The van der Waals surface area contributed by atoms with E-state index in [1.54, 1.807) is 0 Å². The number of amides is 1. The van der Waals surface area contributed by atoms with E-state index in [4.69, 9.17) is 0 Å². The minimum absolute atomic E-state index is 0.0234. The Hall–Kier alpha value is -1.15. The molecule has 0 aromatic heterocycles. The van der Waals surface area contributed by atoms with Crippen molar-refractivity contribution < 1.29 is 26.9 Å². The molecule has 118 valence electrons. The molecule has 0 radical (unpaired) electrons. The molecule has 0 unspecified atom stereocenters. The highest BCUT2D eigenvalue weighted by Crippen LogP contribution is 2.18. The zero-order valence-electron chi connectivity index (χ0n) is 12.6. The van der Waals surface area contributed by atoms with Gasteiger partial charge >= 0.3 is 5.97 Å². The van der Waals surface area contributed by atoms with E-state index in [9.17, 15) is 18.0 Å². The molecule has 0 aromatic carbocycles. The van der Waals surface area contributed by atoms with Crippen LogP contribution in [0.2, 0.25) is 0 Å². The molecule has 1 atom stereocenters. The Labute approximate surface area is 120 Å². The highest BCUT2D eigenvalue weighted by atomic mass is 32.2. The van der Waals surface area contributed by atoms with Crippen molar-refractivity contribution in [1.82, 2.24) is 5.32 Å². The molecule has 7 nitrogen and oxygen atoms in total. The second-order valence-corrected chi connectivity index (χ2v) is 7.34. The summed E-state index contributed by atoms with van der Waals surface area (Å²) >= 11 is 0. The second-order valence-electron chi connectivity index (χ2n) is 5.70. The topological polar surface area (TPSA) is 98.8 Å². The van der Waals surface area contributed by atoms with Crippen LogP contribution in [0.5, 0.6) is 0 Å². The van der Waals surface area contributed by atoms with E-state index in [1.807, 2.05) is 20.8 Å². The summed E-state index contributed by atoms with van der Waals surface area (Å²) in [5, 5.41) is 2.52. The fraction of sp³-hybridized carbons (Fsp3) is 0.833. The monoisotopic (exact) mass is 309 g/mol. The number of hydrogen-bond donors (Lipinski definition) is 1. The van der Waals surface area contributed by atoms with Crippen LogP contribution in [0, 0.1) is 5.41 Å². The highest BCUT2D eigenvalue weighted by Gasteiger charge is 2.24. The van der Waals surface area contributed by atoms with Crippen molar-refractivity contribution in [3.63, 3.8) is 0 Å². The first kappa shape index (κ1) is 18.9. The van der Waals surface area contributed by atoms with E-state index in [0.717, 1.165) is 6.26 Å². The predicted molar refractivity (Wildman–Crippen MR) is 73.4 cm³/mol. The van der Waals surface area contributed by atoms with Crippen molar-refractivity contribution in [3.05, 3.63) is 0 Å². The smallest absolute Gasteiger partial charge is 0.328 e. The molecule has 0 aliphatic heterocycles. The highest BCUT2D eigenvalue weighted by molar-refractivity contribution is 7.85. The third-order valence-electron chi connectivity index (χ3n) is 2.22. The fourth-order valence-corrected chi connectivity index (χ4v) is 1.83. The third kappa shape index (κ3) is 9.74. The van der Waals surface area contributed by atoms with Gasteiger partial charge < -0.3 is 10.1 Å². The minimum Gasteiger partial charge on any atom is -0.467 e. The van der Waals surface area contributed by atoms with Crippen molar-refractivity contribution in [1.29, 1.82) is 0 Å². The summed E-state index contributed by atoms with van der Waals surface area (Å²) in [5.74, 6) is -0.934. The molecule has 0 saturated carbocycles. The largest absolute Gasteiger partial charge is 0.467 e. The first-order valence-corrected chi connectivity index (χ1v) is 7.98. The molecule has 1 amide bonds. The minimum atomic E-state index is -3.57. The van der Waals surface area contributed by atoms with Crippen LogP contribution >= 0.6 is 0 Å². The van der Waals surface area contributed by atoms with Crippen molar-refractivity contribution in [2.24, 2.45) is 5.41 Å². The molecule has 0 rings (SSSR count). The Bertz CT molecular complexity index is 437. The summed E-state index contributed by atoms with van der Waals surface area (Å²) in [6, 6.07) is -0.920. The molecule has 0 aliphatic carbocycles. The molecule has 0 bridgehead atoms. The number of ether oxygens (including phenoxy) is 1. The predicted octanol–water partition coefficient (Wildman–Crippen LogP) is 0.447. The van der Waals surface area contributed by atoms with E-state index >= 15 is 0 Å². The molecular formula is C12H23NO6S. The number of hydrogen-bond acceptors (Lipinski definition) is 6. The van der Waals surface area contributed by atoms with E-state index in [1.165, 1.54) is 7.11 Å². The molecule has 20 heavy (non-hydrogen) atoms. The van der Waals surface area contributed by atoms with Gasteiger partial charge in [-0.15, -0.1) is 0 Å². The van der Waals surface area contributed by atoms with Crippen molar-refractivity contribution in [2.45, 2.75) is 39.7 Å². The van der Waals surface area contributed by atoms with Gasteiger partial charge in [-0.2, -0.15) is 8.42 Å². The van der Waals surface area contributed by atoms with Crippen LogP contribution in [0.15, 0.2) is 0 Å². The maximum absolute atomic E-state index is 11.8. The Kier molecular flexibility index (Phi) is 7.15. The molecule has 8 heteroatoms. The molecular weight excluding hydrogens is 286 g/mol. The van der Waals surface area contributed by atoms with E-state index < -0.39 is 22.1 Å². The molecule has 0 heterocycles. The molecule has 0 fully saturated rings. The third-order valence-corrected chi connectivity index (χ3v) is 2.81. The first-order valence-electron chi connectivity index (χ1n) is 6.16. The molecule has 0 aromatic rings. The second kappa shape index (κ2) is 7.58. The number of esters is 1. The normalized spacial score (nSPS) is 13.7. The average Bonchev–Trinajstić information content (AvgIpc) is 2.22. The SMILES string of the molecule is COC(=O)[C@H](CCOS(C)(=O)=O)NC(=O)CC(C)(C)C. The zero-order valence-corrected chi connectivity index (χ0v) is 13.4. The van der Waals surface area contributed by atoms with Gasteiger partial charge in [-0.1, -0.05) is 20.8 Å². The Morgan fingerprint density at radius 2 is 1.80 bits per heavy atom. The lowest BCUT2D eigenvalue weighted by Crippen LogP contribution is -2.43. The summed E-state index contributed by atoms with van der Waals surface area (Å²) in [5.41, 5.74) is -0.214. The van der Waals surface area contributed by atoms with Crippen LogP contribution in [0.1, 0.15) is 33.6 Å².